The first-order valence-electron chi connectivity index (χ1n) is 12.0. The maximum absolute atomic E-state index is 13.4. The molecule has 0 bridgehead atoms. The van der Waals surface area contributed by atoms with Crippen molar-refractivity contribution in [3.05, 3.63) is 62.5 Å². The molecule has 3 aromatic rings. The van der Waals surface area contributed by atoms with Gasteiger partial charge in [-0.25, -0.2) is 0 Å². The summed E-state index contributed by atoms with van der Waals surface area (Å²) < 4.78 is 6.93. The summed E-state index contributed by atoms with van der Waals surface area (Å²) in [5.41, 5.74) is 3.96. The number of thiophene rings is 1. The highest BCUT2D eigenvalue weighted by molar-refractivity contribution is 7.15. The SMILES string of the molecule is COC(=O)C1CCN(C(=O)CC2N=C(c3ccc(Cl)cc3)c3c(sc(C)c3C)-n3c(C)nnc32)CC1. The maximum atomic E-state index is 13.4. The predicted octanol–water partition coefficient (Wildman–Crippen LogP) is 4.60. The van der Waals surface area contributed by atoms with E-state index in [4.69, 9.17) is 21.3 Å². The van der Waals surface area contributed by atoms with Gasteiger partial charge in [-0.05, 0) is 51.3 Å². The quantitative estimate of drug-likeness (QED) is 0.464. The summed E-state index contributed by atoms with van der Waals surface area (Å²) in [7, 11) is 1.41. The average molecular weight is 526 g/mol. The Morgan fingerprint density at radius 2 is 1.81 bits per heavy atom. The van der Waals surface area contributed by atoms with Crippen LogP contribution < -0.4 is 0 Å². The molecule has 188 valence electrons. The van der Waals surface area contributed by atoms with Crippen LogP contribution in [-0.2, 0) is 14.3 Å². The van der Waals surface area contributed by atoms with Crippen molar-refractivity contribution in [2.75, 3.05) is 20.2 Å². The summed E-state index contributed by atoms with van der Waals surface area (Å²) in [6, 6.07) is 7.15. The van der Waals surface area contributed by atoms with E-state index in [0.29, 0.717) is 36.8 Å². The Labute approximate surface area is 219 Å². The van der Waals surface area contributed by atoms with Gasteiger partial charge < -0.3 is 9.64 Å². The summed E-state index contributed by atoms with van der Waals surface area (Å²) >= 11 is 7.86. The molecule has 0 aliphatic carbocycles. The number of benzene rings is 1. The molecule has 1 fully saturated rings. The lowest BCUT2D eigenvalue weighted by molar-refractivity contribution is -0.149. The van der Waals surface area contributed by atoms with E-state index in [1.807, 2.05) is 40.7 Å². The molecule has 36 heavy (non-hydrogen) atoms. The van der Waals surface area contributed by atoms with Gasteiger partial charge in [0.2, 0.25) is 5.91 Å². The maximum Gasteiger partial charge on any atom is 0.308 e. The highest BCUT2D eigenvalue weighted by Crippen LogP contribution is 2.39. The van der Waals surface area contributed by atoms with E-state index in [2.05, 4.69) is 24.0 Å². The number of aromatic nitrogens is 3. The zero-order valence-electron chi connectivity index (χ0n) is 20.7. The molecule has 1 atom stereocenters. The topological polar surface area (TPSA) is 89.7 Å². The number of ether oxygens (including phenoxy) is 1. The van der Waals surface area contributed by atoms with E-state index < -0.39 is 6.04 Å². The number of likely N-dealkylation sites (tertiary alicyclic amines) is 1. The van der Waals surface area contributed by atoms with Crippen molar-refractivity contribution in [1.29, 1.82) is 0 Å². The van der Waals surface area contributed by atoms with Gasteiger partial charge in [-0.3, -0.25) is 19.1 Å². The summed E-state index contributed by atoms with van der Waals surface area (Å²) in [5.74, 6) is 1.06. The molecule has 0 radical (unpaired) electrons. The smallest absolute Gasteiger partial charge is 0.308 e. The van der Waals surface area contributed by atoms with Gasteiger partial charge in [0, 0.05) is 34.1 Å². The normalized spacial score (nSPS) is 17.8. The van der Waals surface area contributed by atoms with E-state index in [9.17, 15) is 9.59 Å². The Kier molecular flexibility index (Phi) is 6.70. The third kappa shape index (κ3) is 4.35. The third-order valence-corrected chi connectivity index (χ3v) is 8.55. The monoisotopic (exact) mass is 525 g/mol. The second-order valence-corrected chi connectivity index (χ2v) is 10.9. The minimum absolute atomic E-state index is 0.00659. The molecule has 2 aliphatic heterocycles. The number of fused-ring (bicyclic) bond motifs is 3. The Balaban J connectivity index is 1.53. The van der Waals surface area contributed by atoms with Gasteiger partial charge >= 0.3 is 5.97 Å². The third-order valence-electron chi connectivity index (χ3n) is 7.11. The summed E-state index contributed by atoms with van der Waals surface area (Å²) in [6.45, 7) is 7.18. The molecule has 4 heterocycles. The minimum atomic E-state index is -0.498. The zero-order chi connectivity index (χ0) is 25.6. The first-order valence-corrected chi connectivity index (χ1v) is 13.2. The van der Waals surface area contributed by atoms with Crippen LogP contribution in [0, 0.1) is 26.7 Å². The number of nitrogens with zero attached hydrogens (tertiary/aromatic N) is 5. The van der Waals surface area contributed by atoms with Crippen LogP contribution in [0.2, 0.25) is 5.02 Å². The van der Waals surface area contributed by atoms with E-state index in [0.717, 1.165) is 33.2 Å². The van der Waals surface area contributed by atoms with Gasteiger partial charge in [0.1, 0.15) is 16.9 Å². The number of halogens is 1. The molecular weight excluding hydrogens is 498 g/mol. The summed E-state index contributed by atoms with van der Waals surface area (Å²) in [4.78, 5) is 33.5. The first kappa shape index (κ1) is 24.6. The number of esters is 1. The Morgan fingerprint density at radius 1 is 1.11 bits per heavy atom. The van der Waals surface area contributed by atoms with Crippen molar-refractivity contribution in [3.8, 4) is 5.00 Å². The number of amides is 1. The Hall–Kier alpha value is -3.04. The number of carbonyl (C=O) groups is 2. The van der Waals surface area contributed by atoms with Crippen LogP contribution in [0.4, 0.5) is 0 Å². The number of methoxy groups -OCH3 is 1. The Morgan fingerprint density at radius 3 is 2.47 bits per heavy atom. The van der Waals surface area contributed by atoms with Crippen LogP contribution in [0.3, 0.4) is 0 Å². The first-order chi connectivity index (χ1) is 17.3. The highest BCUT2D eigenvalue weighted by atomic mass is 35.5. The number of hydrogen-bond acceptors (Lipinski definition) is 7. The number of carbonyl (C=O) groups excluding carboxylic acids is 2. The molecule has 10 heteroatoms. The molecule has 2 aromatic heterocycles. The van der Waals surface area contributed by atoms with Gasteiger partial charge in [-0.15, -0.1) is 21.5 Å². The van der Waals surface area contributed by atoms with E-state index in [1.165, 1.54) is 12.0 Å². The van der Waals surface area contributed by atoms with E-state index in [-0.39, 0.29) is 24.2 Å². The van der Waals surface area contributed by atoms with Crippen LogP contribution in [0.1, 0.15) is 58.5 Å². The van der Waals surface area contributed by atoms with Gasteiger partial charge in [-0.2, -0.15) is 0 Å². The molecule has 5 rings (SSSR count). The zero-order valence-corrected chi connectivity index (χ0v) is 22.3. The molecule has 1 aromatic carbocycles. The Bertz CT molecular complexity index is 1350. The van der Waals surface area contributed by atoms with Gasteiger partial charge in [0.05, 0.1) is 25.2 Å². The fourth-order valence-electron chi connectivity index (χ4n) is 4.96. The van der Waals surface area contributed by atoms with Crippen LogP contribution in [-0.4, -0.2) is 57.5 Å². The lowest BCUT2D eigenvalue weighted by Crippen LogP contribution is -2.41. The number of rotatable bonds is 4. The van der Waals surface area contributed by atoms with Crippen LogP contribution in [0.5, 0.6) is 0 Å². The second kappa shape index (κ2) is 9.78. The van der Waals surface area contributed by atoms with Crippen molar-refractivity contribution in [2.45, 2.75) is 46.1 Å². The van der Waals surface area contributed by atoms with Crippen molar-refractivity contribution >= 4 is 40.5 Å². The molecule has 0 saturated carbocycles. The lowest BCUT2D eigenvalue weighted by Gasteiger charge is -2.31. The predicted molar refractivity (Wildman–Crippen MR) is 139 cm³/mol. The molecule has 0 N–H and O–H groups in total. The molecule has 2 aliphatic rings. The second-order valence-electron chi connectivity index (χ2n) is 9.29. The average Bonchev–Trinajstić information content (AvgIpc) is 3.36. The molecule has 8 nitrogen and oxygen atoms in total. The van der Waals surface area contributed by atoms with Gasteiger partial charge in [-0.1, -0.05) is 23.7 Å². The van der Waals surface area contributed by atoms with E-state index >= 15 is 0 Å². The number of aryl methyl sites for hydroxylation is 2. The summed E-state index contributed by atoms with van der Waals surface area (Å²) in [5, 5.41) is 10.5. The van der Waals surface area contributed by atoms with Crippen molar-refractivity contribution in [1.82, 2.24) is 19.7 Å². The molecule has 1 unspecified atom stereocenters. The standard InChI is InChI=1S/C26H28ClN5O3S/c1-14-15(2)36-25-22(14)23(17-5-7-19(27)8-6-17)28-20(24-30-29-16(3)32(24)25)13-21(33)31-11-9-18(10-12-31)26(34)35-4/h5-8,18,20H,9-13H2,1-4H3. The van der Waals surface area contributed by atoms with Crippen molar-refractivity contribution < 1.29 is 14.3 Å². The number of aliphatic imine (C=N–C) groups is 1. The van der Waals surface area contributed by atoms with Gasteiger partial charge in [0.25, 0.3) is 0 Å². The lowest BCUT2D eigenvalue weighted by atomic mass is 9.96. The largest absolute Gasteiger partial charge is 0.469 e. The van der Waals surface area contributed by atoms with E-state index in [1.54, 1.807) is 11.3 Å². The molecule has 1 saturated heterocycles. The van der Waals surface area contributed by atoms with Crippen LogP contribution in [0.15, 0.2) is 29.3 Å². The summed E-state index contributed by atoms with van der Waals surface area (Å²) in [6.07, 6.45) is 1.38. The number of piperidine rings is 1. The molecule has 1 amide bonds. The molecular formula is C26H28ClN5O3S. The van der Waals surface area contributed by atoms with Crippen molar-refractivity contribution in [3.63, 3.8) is 0 Å². The molecule has 0 spiro atoms. The fourth-order valence-corrected chi connectivity index (χ4v) is 6.30. The highest BCUT2D eigenvalue weighted by Gasteiger charge is 2.34. The number of hydrogen-bond donors (Lipinski definition) is 0. The van der Waals surface area contributed by atoms with Crippen molar-refractivity contribution in [2.24, 2.45) is 10.9 Å². The van der Waals surface area contributed by atoms with Gasteiger partial charge in [0.15, 0.2) is 5.82 Å². The fraction of sp³-hybridized carbons (Fsp3) is 0.423. The minimum Gasteiger partial charge on any atom is -0.469 e. The van der Waals surface area contributed by atoms with Crippen LogP contribution in [0.25, 0.3) is 5.00 Å². The van der Waals surface area contributed by atoms with Crippen LogP contribution >= 0.6 is 22.9 Å².